The predicted octanol–water partition coefficient (Wildman–Crippen LogP) is 2.12. The van der Waals surface area contributed by atoms with Crippen LogP contribution in [0.5, 0.6) is 5.75 Å². The Labute approximate surface area is 114 Å². The Morgan fingerprint density at radius 1 is 1.32 bits per heavy atom. The normalized spacial score (nSPS) is 19.3. The minimum Gasteiger partial charge on any atom is -0.493 e. The quantitative estimate of drug-likeness (QED) is 0.887. The van der Waals surface area contributed by atoms with Crippen molar-refractivity contribution in [2.75, 3.05) is 33.3 Å². The summed E-state index contributed by atoms with van der Waals surface area (Å²) in [5.41, 5.74) is 5.87. The van der Waals surface area contributed by atoms with E-state index >= 15 is 0 Å². The zero-order valence-corrected chi connectivity index (χ0v) is 11.5. The molecule has 1 aromatic rings. The maximum Gasteiger partial charge on any atom is 0.123 e. The van der Waals surface area contributed by atoms with E-state index in [1.54, 1.807) is 12.1 Å². The molecular formula is C15H23FN2O. The van der Waals surface area contributed by atoms with E-state index in [0.29, 0.717) is 30.7 Å². The number of likely N-dealkylation sites (tertiary alicyclic amines) is 1. The maximum atomic E-state index is 12.8. The lowest BCUT2D eigenvalue weighted by molar-refractivity contribution is 0.132. The van der Waals surface area contributed by atoms with Gasteiger partial charge in [0.15, 0.2) is 0 Å². The summed E-state index contributed by atoms with van der Waals surface area (Å²) < 4.78 is 18.5. The Hall–Kier alpha value is -1.13. The monoisotopic (exact) mass is 266 g/mol. The first-order chi connectivity index (χ1) is 9.19. The van der Waals surface area contributed by atoms with Crippen LogP contribution in [-0.4, -0.2) is 38.2 Å². The summed E-state index contributed by atoms with van der Waals surface area (Å²) in [6.45, 7) is 3.54. The summed E-state index contributed by atoms with van der Waals surface area (Å²) in [6, 6.07) is 6.17. The fourth-order valence-electron chi connectivity index (χ4n) is 2.63. The second-order valence-electron chi connectivity index (χ2n) is 5.40. The largest absolute Gasteiger partial charge is 0.493 e. The van der Waals surface area contributed by atoms with Crippen molar-refractivity contribution in [1.82, 2.24) is 4.90 Å². The Bertz CT molecular complexity index is 374. The molecule has 1 unspecified atom stereocenters. The molecular weight excluding hydrogens is 243 g/mol. The molecule has 1 aromatic carbocycles. The highest BCUT2D eigenvalue weighted by Crippen LogP contribution is 2.25. The van der Waals surface area contributed by atoms with E-state index in [2.05, 4.69) is 11.9 Å². The van der Waals surface area contributed by atoms with Gasteiger partial charge < -0.3 is 15.4 Å². The zero-order valence-electron chi connectivity index (χ0n) is 11.5. The van der Waals surface area contributed by atoms with Gasteiger partial charge in [0.1, 0.15) is 11.6 Å². The Morgan fingerprint density at radius 3 is 2.53 bits per heavy atom. The maximum absolute atomic E-state index is 12.8. The average molecular weight is 266 g/mol. The van der Waals surface area contributed by atoms with Crippen LogP contribution in [0, 0.1) is 17.7 Å². The third-order valence-electron chi connectivity index (χ3n) is 4.01. The molecule has 0 aliphatic carbocycles. The summed E-state index contributed by atoms with van der Waals surface area (Å²) in [4.78, 5) is 2.35. The number of nitrogens with two attached hydrogens (primary N) is 1. The van der Waals surface area contributed by atoms with Crippen molar-refractivity contribution in [2.24, 2.45) is 17.6 Å². The van der Waals surface area contributed by atoms with Crippen molar-refractivity contribution in [3.63, 3.8) is 0 Å². The van der Waals surface area contributed by atoms with Crippen molar-refractivity contribution >= 4 is 0 Å². The molecule has 0 radical (unpaired) electrons. The van der Waals surface area contributed by atoms with Crippen molar-refractivity contribution < 1.29 is 9.13 Å². The molecule has 0 bridgehead atoms. The number of piperidine rings is 1. The van der Waals surface area contributed by atoms with Crippen LogP contribution in [-0.2, 0) is 0 Å². The van der Waals surface area contributed by atoms with Crippen LogP contribution in [0.4, 0.5) is 4.39 Å². The topological polar surface area (TPSA) is 38.5 Å². The molecule has 1 aliphatic rings. The highest BCUT2D eigenvalue weighted by Gasteiger charge is 2.24. The Kier molecular flexibility index (Phi) is 5.16. The highest BCUT2D eigenvalue weighted by molar-refractivity contribution is 5.22. The first kappa shape index (κ1) is 14.3. The van der Waals surface area contributed by atoms with Gasteiger partial charge >= 0.3 is 0 Å². The third kappa shape index (κ3) is 4.18. The van der Waals surface area contributed by atoms with Gasteiger partial charge in [-0.15, -0.1) is 0 Å². The van der Waals surface area contributed by atoms with Crippen molar-refractivity contribution in [3.8, 4) is 5.75 Å². The van der Waals surface area contributed by atoms with Gasteiger partial charge in [-0.2, -0.15) is 0 Å². The molecule has 0 aromatic heterocycles. The molecule has 1 saturated heterocycles. The van der Waals surface area contributed by atoms with Crippen LogP contribution < -0.4 is 10.5 Å². The molecule has 1 heterocycles. The van der Waals surface area contributed by atoms with Gasteiger partial charge in [-0.05, 0) is 69.7 Å². The molecule has 0 saturated carbocycles. The van der Waals surface area contributed by atoms with Crippen LogP contribution in [0.3, 0.4) is 0 Å². The molecule has 3 nitrogen and oxygen atoms in total. The zero-order chi connectivity index (χ0) is 13.7. The van der Waals surface area contributed by atoms with Crippen LogP contribution in [0.1, 0.15) is 12.8 Å². The van der Waals surface area contributed by atoms with Gasteiger partial charge in [0.25, 0.3) is 0 Å². The van der Waals surface area contributed by atoms with E-state index in [-0.39, 0.29) is 5.82 Å². The van der Waals surface area contributed by atoms with Crippen molar-refractivity contribution in [1.29, 1.82) is 0 Å². The molecule has 2 N–H and O–H groups in total. The fourth-order valence-corrected chi connectivity index (χ4v) is 2.63. The van der Waals surface area contributed by atoms with Gasteiger partial charge in [0.2, 0.25) is 0 Å². The molecule has 106 valence electrons. The lowest BCUT2D eigenvalue weighted by Gasteiger charge is -2.33. The Balaban J connectivity index is 1.83. The third-order valence-corrected chi connectivity index (χ3v) is 4.01. The number of benzene rings is 1. The van der Waals surface area contributed by atoms with Gasteiger partial charge in [-0.25, -0.2) is 4.39 Å². The van der Waals surface area contributed by atoms with E-state index in [4.69, 9.17) is 10.5 Å². The first-order valence-corrected chi connectivity index (χ1v) is 6.96. The molecule has 2 rings (SSSR count). The number of ether oxygens (including phenoxy) is 1. The molecule has 1 aliphatic heterocycles. The summed E-state index contributed by atoms with van der Waals surface area (Å²) in [5.74, 6) is 1.51. The molecule has 0 amide bonds. The smallest absolute Gasteiger partial charge is 0.123 e. The first-order valence-electron chi connectivity index (χ1n) is 6.96. The second kappa shape index (κ2) is 6.87. The van der Waals surface area contributed by atoms with Crippen molar-refractivity contribution in [2.45, 2.75) is 12.8 Å². The molecule has 1 atom stereocenters. The van der Waals surface area contributed by atoms with Crippen LogP contribution in [0.25, 0.3) is 0 Å². The van der Waals surface area contributed by atoms with Gasteiger partial charge in [-0.1, -0.05) is 0 Å². The van der Waals surface area contributed by atoms with E-state index in [1.165, 1.54) is 25.0 Å². The van der Waals surface area contributed by atoms with Gasteiger partial charge in [-0.3, -0.25) is 0 Å². The summed E-state index contributed by atoms with van der Waals surface area (Å²) in [6.07, 6.45) is 2.37. The molecule has 19 heavy (non-hydrogen) atoms. The Morgan fingerprint density at radius 2 is 1.95 bits per heavy atom. The highest BCUT2D eigenvalue weighted by atomic mass is 19.1. The number of halogens is 1. The summed E-state index contributed by atoms with van der Waals surface area (Å²) >= 11 is 0. The summed E-state index contributed by atoms with van der Waals surface area (Å²) in [7, 11) is 2.16. The standard InChI is InChI=1S/C15H23FN2O/c1-18-8-6-12(7-9-18)13(10-17)11-19-15-4-2-14(16)3-5-15/h2-5,12-13H,6-11,17H2,1H3. The van der Waals surface area contributed by atoms with Crippen LogP contribution >= 0.6 is 0 Å². The fraction of sp³-hybridized carbons (Fsp3) is 0.600. The number of rotatable bonds is 5. The second-order valence-corrected chi connectivity index (χ2v) is 5.40. The number of nitrogens with zero attached hydrogens (tertiary/aromatic N) is 1. The molecule has 4 heteroatoms. The number of hydrogen-bond acceptors (Lipinski definition) is 3. The summed E-state index contributed by atoms with van der Waals surface area (Å²) in [5, 5.41) is 0. The van der Waals surface area contributed by atoms with E-state index in [1.807, 2.05) is 0 Å². The van der Waals surface area contributed by atoms with E-state index in [0.717, 1.165) is 13.1 Å². The number of hydrogen-bond donors (Lipinski definition) is 1. The van der Waals surface area contributed by atoms with Gasteiger partial charge in [0, 0.05) is 5.92 Å². The van der Waals surface area contributed by atoms with E-state index < -0.39 is 0 Å². The van der Waals surface area contributed by atoms with Crippen LogP contribution in [0.15, 0.2) is 24.3 Å². The lowest BCUT2D eigenvalue weighted by atomic mass is 9.85. The molecule has 1 fully saturated rings. The van der Waals surface area contributed by atoms with Gasteiger partial charge in [0.05, 0.1) is 6.61 Å². The minimum absolute atomic E-state index is 0.238. The minimum atomic E-state index is -0.238. The SMILES string of the molecule is CN1CCC(C(CN)COc2ccc(F)cc2)CC1. The van der Waals surface area contributed by atoms with Crippen LogP contribution in [0.2, 0.25) is 0 Å². The molecule has 0 spiro atoms. The predicted molar refractivity (Wildman–Crippen MR) is 74.7 cm³/mol. The lowest BCUT2D eigenvalue weighted by Crippen LogP contribution is -2.37. The average Bonchev–Trinajstić information content (AvgIpc) is 2.43. The van der Waals surface area contributed by atoms with Crippen molar-refractivity contribution in [3.05, 3.63) is 30.1 Å². The van der Waals surface area contributed by atoms with E-state index in [9.17, 15) is 4.39 Å².